The number of anilines is 3. The third-order valence-corrected chi connectivity index (χ3v) is 3.63. The molecule has 0 aliphatic rings. The van der Waals surface area contributed by atoms with Crippen LogP contribution in [-0.4, -0.2) is 4.92 Å². The number of benzene rings is 2. The van der Waals surface area contributed by atoms with E-state index in [-0.39, 0.29) is 5.69 Å². The van der Waals surface area contributed by atoms with Gasteiger partial charge in [-0.1, -0.05) is 15.9 Å². The lowest BCUT2D eigenvalue weighted by Crippen LogP contribution is -2.07. The van der Waals surface area contributed by atoms with Crippen LogP contribution in [0.1, 0.15) is 5.56 Å². The summed E-state index contributed by atoms with van der Waals surface area (Å²) in [5.74, 6) is 5.32. The fourth-order valence-corrected chi connectivity index (χ4v) is 2.01. The summed E-state index contributed by atoms with van der Waals surface area (Å²) in [6, 6.07) is 10.3. The molecular formula is C13H13BrN4O2. The minimum absolute atomic E-state index is 0.0308. The van der Waals surface area contributed by atoms with Gasteiger partial charge in [0.1, 0.15) is 0 Å². The highest BCUT2D eigenvalue weighted by Gasteiger charge is 2.09. The highest BCUT2D eigenvalue weighted by Crippen LogP contribution is 2.28. The molecule has 0 amide bonds. The number of aryl methyl sites for hydroxylation is 1. The number of halogens is 1. The quantitative estimate of drug-likeness (QED) is 0.449. The predicted molar refractivity (Wildman–Crippen MR) is 83.1 cm³/mol. The Bertz CT molecular complexity index is 661. The van der Waals surface area contributed by atoms with E-state index in [1.165, 1.54) is 12.1 Å². The van der Waals surface area contributed by atoms with Crippen molar-refractivity contribution in [3.8, 4) is 0 Å². The van der Waals surface area contributed by atoms with Gasteiger partial charge >= 0.3 is 0 Å². The van der Waals surface area contributed by atoms with Crippen molar-refractivity contribution in [2.24, 2.45) is 5.84 Å². The molecular weight excluding hydrogens is 324 g/mol. The highest BCUT2D eigenvalue weighted by molar-refractivity contribution is 9.10. The van der Waals surface area contributed by atoms with Crippen LogP contribution >= 0.6 is 15.9 Å². The van der Waals surface area contributed by atoms with Crippen molar-refractivity contribution < 1.29 is 4.92 Å². The Labute approximate surface area is 124 Å². The molecule has 0 saturated heterocycles. The number of rotatable bonds is 4. The first-order valence-electron chi connectivity index (χ1n) is 5.79. The van der Waals surface area contributed by atoms with Gasteiger partial charge in [-0.25, -0.2) is 0 Å². The van der Waals surface area contributed by atoms with Crippen LogP contribution in [-0.2, 0) is 0 Å². The SMILES string of the molecule is Cc1cc(Nc2cc(NN)cc([N+](=O)[O-])c2)ccc1Br. The summed E-state index contributed by atoms with van der Waals surface area (Å²) >= 11 is 3.42. The van der Waals surface area contributed by atoms with Crippen LogP contribution in [0, 0.1) is 17.0 Å². The second kappa shape index (κ2) is 5.89. The smallest absolute Gasteiger partial charge is 0.273 e. The Morgan fingerprint density at radius 2 is 1.85 bits per heavy atom. The van der Waals surface area contributed by atoms with Crippen molar-refractivity contribution in [1.82, 2.24) is 0 Å². The van der Waals surface area contributed by atoms with E-state index in [2.05, 4.69) is 26.7 Å². The molecule has 0 unspecified atom stereocenters. The summed E-state index contributed by atoms with van der Waals surface area (Å²) in [6.07, 6.45) is 0. The van der Waals surface area contributed by atoms with Crippen LogP contribution in [0.2, 0.25) is 0 Å². The van der Waals surface area contributed by atoms with Gasteiger partial charge in [-0.3, -0.25) is 16.0 Å². The van der Waals surface area contributed by atoms with Gasteiger partial charge < -0.3 is 10.7 Å². The minimum Gasteiger partial charge on any atom is -0.355 e. The van der Waals surface area contributed by atoms with Crippen LogP contribution < -0.4 is 16.6 Å². The molecule has 104 valence electrons. The molecule has 0 saturated carbocycles. The Morgan fingerprint density at radius 1 is 1.15 bits per heavy atom. The number of hydrogen-bond acceptors (Lipinski definition) is 5. The molecule has 0 aromatic heterocycles. The molecule has 0 fully saturated rings. The Balaban J connectivity index is 2.34. The maximum Gasteiger partial charge on any atom is 0.273 e. The van der Waals surface area contributed by atoms with Crippen molar-refractivity contribution in [3.63, 3.8) is 0 Å². The lowest BCUT2D eigenvalue weighted by atomic mass is 10.2. The number of nitro benzene ring substituents is 1. The van der Waals surface area contributed by atoms with Gasteiger partial charge in [0.15, 0.2) is 0 Å². The molecule has 0 radical (unpaired) electrons. The third-order valence-electron chi connectivity index (χ3n) is 2.74. The summed E-state index contributed by atoms with van der Waals surface area (Å²) < 4.78 is 1.01. The first-order valence-corrected chi connectivity index (χ1v) is 6.58. The van der Waals surface area contributed by atoms with Crippen molar-refractivity contribution in [1.29, 1.82) is 0 Å². The second-order valence-electron chi connectivity index (χ2n) is 4.26. The molecule has 0 atom stereocenters. The number of hydrogen-bond donors (Lipinski definition) is 3. The van der Waals surface area contributed by atoms with Gasteiger partial charge in [0.2, 0.25) is 0 Å². The van der Waals surface area contributed by atoms with Crippen LogP contribution in [0.3, 0.4) is 0 Å². The number of nitro groups is 1. The molecule has 0 aliphatic heterocycles. The van der Waals surface area contributed by atoms with Crippen molar-refractivity contribution in [2.75, 3.05) is 10.7 Å². The molecule has 0 bridgehead atoms. The van der Waals surface area contributed by atoms with E-state index in [9.17, 15) is 10.1 Å². The average Bonchev–Trinajstić information content (AvgIpc) is 2.42. The first kappa shape index (κ1) is 14.3. The fraction of sp³-hybridized carbons (Fsp3) is 0.0769. The van der Waals surface area contributed by atoms with E-state index in [1.807, 2.05) is 25.1 Å². The van der Waals surface area contributed by atoms with E-state index >= 15 is 0 Å². The maximum absolute atomic E-state index is 10.9. The third kappa shape index (κ3) is 3.25. The van der Waals surface area contributed by atoms with Crippen molar-refractivity contribution in [3.05, 3.63) is 56.5 Å². The molecule has 4 N–H and O–H groups in total. The zero-order valence-corrected chi connectivity index (χ0v) is 12.3. The number of non-ortho nitro benzene ring substituents is 1. The van der Waals surface area contributed by atoms with Gasteiger partial charge in [-0.2, -0.15) is 0 Å². The number of nitrogens with one attached hydrogen (secondary N) is 2. The lowest BCUT2D eigenvalue weighted by Gasteiger charge is -2.10. The molecule has 2 rings (SSSR count). The van der Waals surface area contributed by atoms with Gasteiger partial charge in [0.25, 0.3) is 5.69 Å². The summed E-state index contributed by atoms with van der Waals surface area (Å²) in [6.45, 7) is 1.97. The summed E-state index contributed by atoms with van der Waals surface area (Å²) in [4.78, 5) is 10.4. The van der Waals surface area contributed by atoms with Gasteiger partial charge in [-0.15, -0.1) is 0 Å². The minimum atomic E-state index is -0.459. The van der Waals surface area contributed by atoms with Crippen LogP contribution in [0.4, 0.5) is 22.7 Å². The second-order valence-corrected chi connectivity index (χ2v) is 5.11. The summed E-state index contributed by atoms with van der Waals surface area (Å²) in [5.41, 5.74) is 5.35. The normalized spacial score (nSPS) is 10.2. The molecule has 0 spiro atoms. The average molecular weight is 337 g/mol. The van der Waals surface area contributed by atoms with Crippen LogP contribution in [0.25, 0.3) is 0 Å². The van der Waals surface area contributed by atoms with E-state index in [1.54, 1.807) is 6.07 Å². The van der Waals surface area contributed by atoms with Crippen molar-refractivity contribution in [2.45, 2.75) is 6.92 Å². The van der Waals surface area contributed by atoms with Gasteiger partial charge in [0, 0.05) is 28.0 Å². The Kier molecular flexibility index (Phi) is 4.21. The standard InChI is InChI=1S/C13H13BrN4O2/c1-8-4-9(2-3-13(8)14)16-10-5-11(17-15)7-12(6-10)18(19)20/h2-7,16-17H,15H2,1H3. The Hall–Kier alpha value is -2.12. The van der Waals surface area contributed by atoms with Gasteiger partial charge in [0.05, 0.1) is 10.6 Å². The highest BCUT2D eigenvalue weighted by atomic mass is 79.9. The summed E-state index contributed by atoms with van der Waals surface area (Å²) in [5, 5.41) is 14.0. The maximum atomic E-state index is 10.9. The molecule has 2 aromatic rings. The number of hydrazine groups is 1. The largest absolute Gasteiger partial charge is 0.355 e. The zero-order valence-electron chi connectivity index (χ0n) is 10.7. The van der Waals surface area contributed by atoms with E-state index in [4.69, 9.17) is 5.84 Å². The van der Waals surface area contributed by atoms with Crippen LogP contribution in [0.5, 0.6) is 0 Å². The first-order chi connectivity index (χ1) is 9.49. The molecule has 0 aliphatic carbocycles. The molecule has 0 heterocycles. The monoisotopic (exact) mass is 336 g/mol. The topological polar surface area (TPSA) is 93.2 Å². The van der Waals surface area contributed by atoms with E-state index in [0.29, 0.717) is 11.4 Å². The zero-order chi connectivity index (χ0) is 14.7. The fourth-order valence-electron chi connectivity index (χ4n) is 1.76. The summed E-state index contributed by atoms with van der Waals surface area (Å²) in [7, 11) is 0. The molecule has 7 heteroatoms. The predicted octanol–water partition coefficient (Wildman–Crippen LogP) is 3.69. The van der Waals surface area contributed by atoms with Gasteiger partial charge in [-0.05, 0) is 36.8 Å². The Morgan fingerprint density at radius 3 is 2.45 bits per heavy atom. The van der Waals surface area contributed by atoms with Crippen LogP contribution in [0.15, 0.2) is 40.9 Å². The molecule has 6 nitrogen and oxygen atoms in total. The molecule has 2 aromatic carbocycles. The number of nitrogens with zero attached hydrogens (tertiary/aromatic N) is 1. The number of nitrogens with two attached hydrogens (primary N) is 1. The number of nitrogen functional groups attached to an aromatic ring is 1. The van der Waals surface area contributed by atoms with E-state index in [0.717, 1.165) is 15.7 Å². The van der Waals surface area contributed by atoms with E-state index < -0.39 is 4.92 Å². The van der Waals surface area contributed by atoms with Crippen molar-refractivity contribution >= 4 is 38.7 Å². The lowest BCUT2D eigenvalue weighted by molar-refractivity contribution is -0.384. The molecule has 20 heavy (non-hydrogen) atoms.